The van der Waals surface area contributed by atoms with Gasteiger partial charge in [0, 0.05) is 18.0 Å². The van der Waals surface area contributed by atoms with E-state index in [0.29, 0.717) is 49.2 Å². The highest BCUT2D eigenvalue weighted by molar-refractivity contribution is 6.31. The average Bonchev–Trinajstić information content (AvgIpc) is 3.21. The van der Waals surface area contributed by atoms with Gasteiger partial charge in [0.1, 0.15) is 17.0 Å². The number of hydrogen-bond donors (Lipinski definition) is 4. The Balaban J connectivity index is 1.52. The molecule has 2 aliphatic carbocycles. The quantitative estimate of drug-likeness (QED) is 0.354. The van der Waals surface area contributed by atoms with Crippen LogP contribution in [-0.2, 0) is 4.79 Å². The minimum atomic E-state index is -0.919. The number of fused-ring (bicyclic) bond motifs is 1. The van der Waals surface area contributed by atoms with Crippen molar-refractivity contribution in [3.8, 4) is 0 Å². The number of nitrogens with one attached hydrogen (secondary N) is 2. The maximum absolute atomic E-state index is 14.7. The third-order valence-electron chi connectivity index (χ3n) is 7.16. The van der Waals surface area contributed by atoms with Crippen LogP contribution in [0.15, 0.2) is 18.3 Å². The SMILES string of the molecule is NC(=O)[C@H]1CC[C@@H](n2c(Nc3c(F)ccc(Cl)c3F)nc3cnc(N[C@H]4CCC[C@@H](O)C4)nc32)CC1. The number of halogens is 3. The summed E-state index contributed by atoms with van der Waals surface area (Å²) in [5, 5.41) is 15.9. The molecule has 2 aliphatic rings. The Bertz CT molecular complexity index is 1280. The van der Waals surface area contributed by atoms with Crippen LogP contribution in [0.1, 0.15) is 57.4 Å². The average molecular weight is 520 g/mol. The first-order valence-corrected chi connectivity index (χ1v) is 12.6. The number of aromatic nitrogens is 4. The smallest absolute Gasteiger partial charge is 0.224 e. The molecule has 5 rings (SSSR count). The Morgan fingerprint density at radius 2 is 1.92 bits per heavy atom. The van der Waals surface area contributed by atoms with E-state index in [-0.39, 0.29) is 41.0 Å². The van der Waals surface area contributed by atoms with E-state index in [1.54, 1.807) is 6.20 Å². The highest BCUT2D eigenvalue weighted by atomic mass is 35.5. The topological polar surface area (TPSA) is 131 Å². The van der Waals surface area contributed by atoms with Crippen molar-refractivity contribution in [1.82, 2.24) is 19.5 Å². The van der Waals surface area contributed by atoms with Crippen molar-refractivity contribution >= 4 is 46.3 Å². The van der Waals surface area contributed by atoms with Crippen molar-refractivity contribution < 1.29 is 18.7 Å². The first kappa shape index (κ1) is 24.6. The fourth-order valence-corrected chi connectivity index (χ4v) is 5.40. The number of imidazole rings is 1. The van der Waals surface area contributed by atoms with E-state index in [9.17, 15) is 18.7 Å². The first-order chi connectivity index (χ1) is 17.3. The molecule has 2 fully saturated rings. The molecule has 0 bridgehead atoms. The number of anilines is 3. The van der Waals surface area contributed by atoms with Gasteiger partial charge >= 0.3 is 0 Å². The third-order valence-corrected chi connectivity index (χ3v) is 7.45. The monoisotopic (exact) mass is 519 g/mol. The molecule has 192 valence electrons. The maximum Gasteiger partial charge on any atom is 0.224 e. The lowest BCUT2D eigenvalue weighted by Crippen LogP contribution is -2.30. The summed E-state index contributed by atoms with van der Waals surface area (Å²) in [5.41, 5.74) is 6.04. The molecular weight excluding hydrogens is 492 g/mol. The molecule has 1 amide bonds. The van der Waals surface area contributed by atoms with E-state index in [2.05, 4.69) is 20.6 Å². The van der Waals surface area contributed by atoms with E-state index in [0.717, 1.165) is 31.4 Å². The number of rotatable bonds is 6. The van der Waals surface area contributed by atoms with Crippen molar-refractivity contribution in [2.75, 3.05) is 10.6 Å². The number of carbonyl (C=O) groups is 1. The fraction of sp³-hybridized carbons (Fsp3) is 0.500. The number of nitrogens with two attached hydrogens (primary N) is 1. The van der Waals surface area contributed by atoms with Crippen LogP contribution < -0.4 is 16.4 Å². The van der Waals surface area contributed by atoms with Crippen LogP contribution in [0.25, 0.3) is 11.2 Å². The lowest BCUT2D eigenvalue weighted by Gasteiger charge is -2.29. The van der Waals surface area contributed by atoms with Gasteiger partial charge < -0.3 is 21.5 Å². The van der Waals surface area contributed by atoms with Gasteiger partial charge in [-0.3, -0.25) is 9.36 Å². The molecule has 0 saturated heterocycles. The highest BCUT2D eigenvalue weighted by Gasteiger charge is 2.30. The fourth-order valence-electron chi connectivity index (χ4n) is 5.24. The number of aliphatic hydroxyl groups is 1. The zero-order valence-corrected chi connectivity index (χ0v) is 20.3. The van der Waals surface area contributed by atoms with Crippen LogP contribution in [0.2, 0.25) is 5.02 Å². The van der Waals surface area contributed by atoms with Crippen molar-refractivity contribution in [3.63, 3.8) is 0 Å². The summed E-state index contributed by atoms with van der Waals surface area (Å²) in [6.45, 7) is 0. The second-order valence-corrected chi connectivity index (χ2v) is 10.0. The lowest BCUT2D eigenvalue weighted by atomic mass is 9.85. The number of carbonyl (C=O) groups excluding carboxylic acids is 1. The molecule has 2 aromatic heterocycles. The number of benzene rings is 1. The van der Waals surface area contributed by atoms with Crippen molar-refractivity contribution in [3.05, 3.63) is 35.0 Å². The molecule has 2 saturated carbocycles. The van der Waals surface area contributed by atoms with Crippen molar-refractivity contribution in [2.45, 2.75) is 69.6 Å². The molecule has 0 unspecified atom stereocenters. The van der Waals surface area contributed by atoms with Gasteiger partial charge in [0.25, 0.3) is 0 Å². The molecule has 5 N–H and O–H groups in total. The standard InChI is InChI=1S/C24H28ClF2N7O2/c25-16-8-9-17(26)20(19(16)27)32-24-31-18-11-29-23(30-13-2-1-3-15(35)10-13)33-22(18)34(24)14-6-4-12(5-7-14)21(28)36/h8-9,11-15,35H,1-7,10H2,(H2,28,36)(H,31,32)(H,29,30,33)/t12-,13-,14+,15+/m0/s1. The molecule has 0 spiro atoms. The van der Waals surface area contributed by atoms with Crippen LogP contribution >= 0.6 is 11.6 Å². The second kappa shape index (κ2) is 10.1. The van der Waals surface area contributed by atoms with Gasteiger partial charge in [-0.25, -0.2) is 18.7 Å². The van der Waals surface area contributed by atoms with E-state index in [1.807, 2.05) is 4.57 Å². The highest BCUT2D eigenvalue weighted by Crippen LogP contribution is 2.38. The summed E-state index contributed by atoms with van der Waals surface area (Å²) in [5.74, 6) is -1.67. The Morgan fingerprint density at radius 3 is 2.64 bits per heavy atom. The summed E-state index contributed by atoms with van der Waals surface area (Å²) in [6.07, 6.45) is 6.83. The summed E-state index contributed by atoms with van der Waals surface area (Å²) in [7, 11) is 0. The molecule has 2 heterocycles. The number of nitrogens with zero attached hydrogens (tertiary/aromatic N) is 4. The van der Waals surface area contributed by atoms with Gasteiger partial charge in [0.15, 0.2) is 11.5 Å². The van der Waals surface area contributed by atoms with Crippen LogP contribution in [0.3, 0.4) is 0 Å². The van der Waals surface area contributed by atoms with Crippen LogP contribution in [0, 0.1) is 17.6 Å². The van der Waals surface area contributed by atoms with Crippen molar-refractivity contribution in [1.29, 1.82) is 0 Å². The molecule has 9 nitrogen and oxygen atoms in total. The van der Waals surface area contributed by atoms with E-state index in [1.165, 1.54) is 0 Å². The third kappa shape index (κ3) is 4.94. The van der Waals surface area contributed by atoms with Gasteiger partial charge in [-0.15, -0.1) is 0 Å². The van der Waals surface area contributed by atoms with Crippen LogP contribution in [0.4, 0.5) is 26.4 Å². The van der Waals surface area contributed by atoms with Crippen LogP contribution in [-0.4, -0.2) is 42.7 Å². The molecule has 1 aromatic carbocycles. The zero-order valence-electron chi connectivity index (χ0n) is 19.6. The number of aliphatic hydroxyl groups excluding tert-OH is 1. The molecular formula is C24H28ClF2N7O2. The predicted molar refractivity (Wildman–Crippen MR) is 132 cm³/mol. The van der Waals surface area contributed by atoms with E-state index >= 15 is 0 Å². The van der Waals surface area contributed by atoms with Crippen LogP contribution in [0.5, 0.6) is 0 Å². The molecule has 2 atom stereocenters. The molecule has 0 radical (unpaired) electrons. The molecule has 3 aromatic rings. The minimum absolute atomic E-state index is 0.0424. The van der Waals surface area contributed by atoms with Gasteiger partial charge in [-0.1, -0.05) is 11.6 Å². The van der Waals surface area contributed by atoms with Gasteiger partial charge in [-0.05, 0) is 63.5 Å². The second-order valence-electron chi connectivity index (χ2n) is 9.62. The van der Waals surface area contributed by atoms with Crippen molar-refractivity contribution in [2.24, 2.45) is 11.7 Å². The van der Waals surface area contributed by atoms with Gasteiger partial charge in [0.2, 0.25) is 17.8 Å². The Morgan fingerprint density at radius 1 is 1.14 bits per heavy atom. The summed E-state index contributed by atoms with van der Waals surface area (Å²) >= 11 is 5.89. The Labute approximate surface area is 211 Å². The zero-order chi connectivity index (χ0) is 25.4. The summed E-state index contributed by atoms with van der Waals surface area (Å²) in [4.78, 5) is 25.3. The minimum Gasteiger partial charge on any atom is -0.393 e. The summed E-state index contributed by atoms with van der Waals surface area (Å²) < 4.78 is 31.0. The maximum atomic E-state index is 14.7. The largest absolute Gasteiger partial charge is 0.393 e. The first-order valence-electron chi connectivity index (χ1n) is 12.2. The molecule has 0 aliphatic heterocycles. The van der Waals surface area contributed by atoms with E-state index < -0.39 is 17.3 Å². The van der Waals surface area contributed by atoms with Gasteiger partial charge in [-0.2, -0.15) is 4.98 Å². The van der Waals surface area contributed by atoms with Gasteiger partial charge in [0.05, 0.1) is 17.3 Å². The molecule has 36 heavy (non-hydrogen) atoms. The Kier molecular flexibility index (Phi) is 6.94. The predicted octanol–water partition coefficient (Wildman–Crippen LogP) is 4.43. The number of amides is 1. The normalized spacial score (nSPS) is 24.6. The number of hydrogen-bond acceptors (Lipinski definition) is 7. The lowest BCUT2D eigenvalue weighted by molar-refractivity contribution is -0.122. The molecule has 12 heteroatoms. The Hall–Kier alpha value is -3.05. The van der Waals surface area contributed by atoms with E-state index in [4.69, 9.17) is 22.3 Å². The number of primary amides is 1. The summed E-state index contributed by atoms with van der Waals surface area (Å²) in [6, 6.07) is 2.15.